The molecule has 0 fully saturated rings. The van der Waals surface area contributed by atoms with Crippen molar-refractivity contribution in [3.05, 3.63) is 23.3 Å². The summed E-state index contributed by atoms with van der Waals surface area (Å²) in [5.74, 6) is -4.30. The van der Waals surface area contributed by atoms with E-state index >= 15 is 0 Å². The second-order valence-corrected chi connectivity index (χ2v) is 6.54. The van der Waals surface area contributed by atoms with Gasteiger partial charge in [-0.25, -0.2) is 18.0 Å². The summed E-state index contributed by atoms with van der Waals surface area (Å²) in [6.07, 6.45) is 0. The van der Waals surface area contributed by atoms with Crippen LogP contribution in [0.1, 0.15) is 11.1 Å². The van der Waals surface area contributed by atoms with Crippen molar-refractivity contribution in [3.8, 4) is 5.75 Å². The van der Waals surface area contributed by atoms with E-state index in [2.05, 4.69) is 9.99 Å². The van der Waals surface area contributed by atoms with Gasteiger partial charge < -0.3 is 20.4 Å². The number of rotatable bonds is 5. The van der Waals surface area contributed by atoms with Crippen LogP contribution in [-0.4, -0.2) is 44.2 Å². The Hall–Kier alpha value is -2.62. The average Bonchev–Trinajstić information content (AvgIpc) is 2.42. The number of ether oxygens (including phenoxy) is 1. The highest BCUT2D eigenvalue weighted by atomic mass is 32.2. The van der Waals surface area contributed by atoms with Gasteiger partial charge >= 0.3 is 11.9 Å². The maximum Gasteiger partial charge on any atom is 0.443 e. The summed E-state index contributed by atoms with van der Waals surface area (Å²) in [7, 11) is -2.40. The van der Waals surface area contributed by atoms with Gasteiger partial charge in [-0.15, -0.1) is 0 Å². The number of carbonyl (C=O) groups is 2. The number of carboxylic acid groups (broad SMARTS) is 1. The van der Waals surface area contributed by atoms with Crippen LogP contribution in [0.5, 0.6) is 5.75 Å². The molecule has 1 rings (SSSR count). The molecule has 0 aliphatic heterocycles. The van der Waals surface area contributed by atoms with Crippen LogP contribution >= 0.6 is 0 Å². The number of hydrogen-bond acceptors (Lipinski definition) is 7. The molecule has 0 amide bonds. The fourth-order valence-corrected chi connectivity index (χ4v) is 3.64. The molecular formula is C13H16N2O7S. The Labute approximate surface area is 132 Å². The molecule has 0 aliphatic carbocycles. The molecule has 1 aromatic rings. The summed E-state index contributed by atoms with van der Waals surface area (Å²) in [5, 5.41) is 11.3. The quantitative estimate of drug-likeness (QED) is 0.249. The van der Waals surface area contributed by atoms with E-state index < -0.39 is 33.4 Å². The van der Waals surface area contributed by atoms with Gasteiger partial charge in [-0.2, -0.15) is 0 Å². The number of amidine groups is 1. The molecule has 0 atom stereocenters. The number of oxime groups is 1. The molecule has 0 spiro atoms. The van der Waals surface area contributed by atoms with Gasteiger partial charge in [-0.1, -0.05) is 5.16 Å². The van der Waals surface area contributed by atoms with Crippen molar-refractivity contribution < 1.29 is 32.7 Å². The maximum absolute atomic E-state index is 12.4. The summed E-state index contributed by atoms with van der Waals surface area (Å²) in [4.78, 5) is 25.0. The van der Waals surface area contributed by atoms with E-state index in [9.17, 15) is 18.0 Å². The van der Waals surface area contributed by atoms with Crippen molar-refractivity contribution >= 4 is 27.6 Å². The zero-order valence-electron chi connectivity index (χ0n) is 12.7. The van der Waals surface area contributed by atoms with Crippen molar-refractivity contribution in [2.45, 2.75) is 18.7 Å². The van der Waals surface area contributed by atoms with E-state index in [4.69, 9.17) is 15.6 Å². The second-order valence-electron chi connectivity index (χ2n) is 4.62. The molecule has 0 radical (unpaired) electrons. The Morgan fingerprint density at radius 3 is 2.22 bits per heavy atom. The minimum atomic E-state index is -3.86. The minimum absolute atomic E-state index is 0.0565. The van der Waals surface area contributed by atoms with Crippen molar-refractivity contribution in [2.24, 2.45) is 10.9 Å². The minimum Gasteiger partial charge on any atom is -0.497 e. The Morgan fingerprint density at radius 1 is 1.26 bits per heavy atom. The van der Waals surface area contributed by atoms with Gasteiger partial charge in [0, 0.05) is 0 Å². The van der Waals surface area contributed by atoms with Crippen LogP contribution in [0.15, 0.2) is 22.2 Å². The molecule has 0 saturated heterocycles. The molecule has 3 N–H and O–H groups in total. The lowest BCUT2D eigenvalue weighted by Gasteiger charge is -2.12. The van der Waals surface area contributed by atoms with Crippen molar-refractivity contribution in [3.63, 3.8) is 0 Å². The lowest BCUT2D eigenvalue weighted by atomic mass is 10.1. The first kappa shape index (κ1) is 18.4. The monoisotopic (exact) mass is 344 g/mol. The van der Waals surface area contributed by atoms with E-state index in [1.165, 1.54) is 7.11 Å². The van der Waals surface area contributed by atoms with E-state index in [1.807, 2.05) is 0 Å². The third-order valence-electron chi connectivity index (χ3n) is 2.74. The fourth-order valence-electron chi connectivity index (χ4n) is 1.95. The van der Waals surface area contributed by atoms with Crippen LogP contribution in [-0.2, 0) is 24.3 Å². The number of nitrogens with zero attached hydrogens (tertiary/aromatic N) is 1. The first-order valence-electron chi connectivity index (χ1n) is 6.23. The lowest BCUT2D eigenvalue weighted by molar-refractivity contribution is -0.163. The number of nitrogens with two attached hydrogens (primary N) is 1. The number of benzene rings is 1. The molecule has 0 unspecified atom stereocenters. The highest BCUT2D eigenvalue weighted by Gasteiger charge is 2.23. The van der Waals surface area contributed by atoms with Crippen LogP contribution in [0, 0.1) is 13.8 Å². The third-order valence-corrected chi connectivity index (χ3v) is 4.68. The van der Waals surface area contributed by atoms with Crippen LogP contribution in [0.4, 0.5) is 0 Å². The van der Waals surface area contributed by atoms with Gasteiger partial charge in [-0.3, -0.25) is 0 Å². The molecule has 10 heteroatoms. The lowest BCUT2D eigenvalue weighted by Crippen LogP contribution is -2.26. The molecule has 0 bridgehead atoms. The third kappa shape index (κ3) is 4.68. The van der Waals surface area contributed by atoms with Crippen molar-refractivity contribution in [1.82, 2.24) is 0 Å². The van der Waals surface area contributed by atoms with Gasteiger partial charge in [0.05, 0.1) is 12.0 Å². The molecule has 0 aliphatic rings. The summed E-state index contributed by atoms with van der Waals surface area (Å²) in [5.41, 5.74) is 6.29. The zero-order chi connectivity index (χ0) is 17.8. The number of aryl methyl sites for hydroxylation is 2. The summed E-state index contributed by atoms with van der Waals surface area (Å²) in [6.45, 7) is 3.19. The van der Waals surface area contributed by atoms with Crippen molar-refractivity contribution in [2.75, 3.05) is 12.9 Å². The van der Waals surface area contributed by atoms with Crippen LogP contribution in [0.25, 0.3) is 0 Å². The summed E-state index contributed by atoms with van der Waals surface area (Å²) in [6, 6.07) is 3.11. The van der Waals surface area contributed by atoms with Crippen LogP contribution in [0.2, 0.25) is 0 Å². The topological polar surface area (TPSA) is 145 Å². The number of hydrogen-bond donors (Lipinski definition) is 2. The largest absolute Gasteiger partial charge is 0.497 e. The van der Waals surface area contributed by atoms with Gasteiger partial charge in [0.1, 0.15) is 11.5 Å². The Bertz CT molecular complexity index is 746. The average molecular weight is 344 g/mol. The molecule has 126 valence electrons. The zero-order valence-corrected chi connectivity index (χ0v) is 13.5. The van der Waals surface area contributed by atoms with Crippen LogP contribution < -0.4 is 10.5 Å². The summed E-state index contributed by atoms with van der Waals surface area (Å²) >= 11 is 0. The molecule has 23 heavy (non-hydrogen) atoms. The molecular weight excluding hydrogens is 328 g/mol. The predicted molar refractivity (Wildman–Crippen MR) is 79.9 cm³/mol. The summed E-state index contributed by atoms with van der Waals surface area (Å²) < 4.78 is 29.9. The predicted octanol–water partition coefficient (Wildman–Crippen LogP) is -0.0143. The number of aliphatic carboxylic acids is 1. The number of methoxy groups -OCH3 is 1. The fraction of sp³-hybridized carbons (Fsp3) is 0.308. The van der Waals surface area contributed by atoms with E-state index in [0.717, 1.165) is 0 Å². The molecule has 1 aromatic carbocycles. The van der Waals surface area contributed by atoms with E-state index in [0.29, 0.717) is 16.9 Å². The van der Waals surface area contributed by atoms with Gasteiger partial charge in [-0.05, 0) is 37.1 Å². The Morgan fingerprint density at radius 2 is 1.78 bits per heavy atom. The first-order chi connectivity index (χ1) is 10.6. The standard InChI is InChI=1S/C13H16N2O7S/c1-7-4-9(21-3)5-8(2)11(7)23(19,20)6-10(14)15-22-13(18)12(16)17/h4-5H,6H2,1-3H3,(H2,14,15)(H,16,17). The molecule has 9 nitrogen and oxygen atoms in total. The number of sulfone groups is 1. The van der Waals surface area contributed by atoms with Gasteiger partial charge in [0.15, 0.2) is 15.7 Å². The smallest absolute Gasteiger partial charge is 0.443 e. The highest BCUT2D eigenvalue weighted by Crippen LogP contribution is 2.26. The Balaban J connectivity index is 3.07. The van der Waals surface area contributed by atoms with Crippen molar-refractivity contribution in [1.29, 1.82) is 0 Å². The molecule has 0 heterocycles. The molecule has 0 aromatic heterocycles. The number of carbonyl (C=O) groups excluding carboxylic acids is 1. The highest BCUT2D eigenvalue weighted by molar-refractivity contribution is 7.92. The van der Waals surface area contributed by atoms with Gasteiger partial charge in [0.25, 0.3) is 0 Å². The first-order valence-corrected chi connectivity index (χ1v) is 7.88. The van der Waals surface area contributed by atoms with E-state index in [1.54, 1.807) is 26.0 Å². The SMILES string of the molecule is COc1cc(C)c(S(=O)(=O)C/C(N)=N/OC(=O)C(=O)O)c(C)c1. The normalized spacial score (nSPS) is 11.9. The maximum atomic E-state index is 12.4. The van der Waals surface area contributed by atoms with E-state index in [-0.39, 0.29) is 4.90 Å². The Kier molecular flexibility index (Phi) is 5.68. The van der Waals surface area contributed by atoms with Crippen LogP contribution in [0.3, 0.4) is 0 Å². The van der Waals surface area contributed by atoms with Gasteiger partial charge in [0.2, 0.25) is 0 Å². The molecule has 0 saturated carbocycles. The second kappa shape index (κ2) is 7.09. The number of carboxylic acids is 1.